The van der Waals surface area contributed by atoms with Crippen LogP contribution in [0.1, 0.15) is 18.0 Å². The van der Waals surface area contributed by atoms with E-state index < -0.39 is 0 Å². The Morgan fingerprint density at radius 3 is 2.64 bits per heavy atom. The van der Waals surface area contributed by atoms with Gasteiger partial charge in [0, 0.05) is 0 Å². The Hall–Kier alpha value is -1.35. The van der Waals surface area contributed by atoms with Gasteiger partial charge in [-0.05, 0) is 12.0 Å². The fraction of sp³-hybridized carbons (Fsp3) is 0.364. The molecule has 2 rings (SSSR count). The topological polar surface area (TPSA) is 49.3 Å². The molecule has 0 unspecified atom stereocenters. The lowest BCUT2D eigenvalue weighted by Crippen LogP contribution is -2.22. The van der Waals surface area contributed by atoms with Crippen molar-refractivity contribution >= 4 is 5.91 Å². The zero-order valence-corrected chi connectivity index (χ0v) is 7.81. The molecule has 1 aromatic rings. The Morgan fingerprint density at radius 2 is 2.07 bits per heavy atom. The van der Waals surface area contributed by atoms with E-state index in [-0.39, 0.29) is 24.5 Å². The van der Waals surface area contributed by atoms with E-state index in [0.717, 1.165) is 5.56 Å². The summed E-state index contributed by atoms with van der Waals surface area (Å²) in [5.74, 6) is -0.276. The second kappa shape index (κ2) is 3.80. The summed E-state index contributed by atoms with van der Waals surface area (Å²) in [7, 11) is 0. The average Bonchev–Trinajstić information content (AvgIpc) is 2.61. The quantitative estimate of drug-likeness (QED) is 0.728. The standard InChI is InChI=1S/C11H13NO2/c13-7-9-6-10(12-11(9)14)8-4-2-1-3-5-8/h1-5,9-10,13H,6-7H2,(H,12,14)/t9-,10-/m1/s1. The number of carbonyl (C=O) groups excluding carboxylic acids is 1. The molecule has 0 aromatic heterocycles. The number of carbonyl (C=O) groups is 1. The molecule has 1 aliphatic rings. The van der Waals surface area contributed by atoms with E-state index in [4.69, 9.17) is 5.11 Å². The minimum absolute atomic E-state index is 0.0404. The Morgan fingerprint density at radius 1 is 1.36 bits per heavy atom. The molecule has 74 valence electrons. The maximum absolute atomic E-state index is 11.3. The van der Waals surface area contributed by atoms with Gasteiger partial charge in [-0.15, -0.1) is 0 Å². The first-order valence-electron chi connectivity index (χ1n) is 4.77. The Kier molecular flexibility index (Phi) is 2.50. The van der Waals surface area contributed by atoms with Crippen molar-refractivity contribution < 1.29 is 9.90 Å². The molecule has 1 heterocycles. The molecule has 1 aromatic carbocycles. The zero-order chi connectivity index (χ0) is 9.97. The highest BCUT2D eigenvalue weighted by Gasteiger charge is 2.31. The summed E-state index contributed by atoms with van der Waals surface area (Å²) < 4.78 is 0. The van der Waals surface area contributed by atoms with Gasteiger partial charge in [0.2, 0.25) is 5.91 Å². The summed E-state index contributed by atoms with van der Waals surface area (Å²) in [6.07, 6.45) is 0.694. The number of amides is 1. The highest BCUT2D eigenvalue weighted by atomic mass is 16.3. The largest absolute Gasteiger partial charge is 0.396 e. The molecule has 3 nitrogen and oxygen atoms in total. The van der Waals surface area contributed by atoms with E-state index in [2.05, 4.69) is 5.32 Å². The molecular weight excluding hydrogens is 178 g/mol. The van der Waals surface area contributed by atoms with Gasteiger partial charge in [0.1, 0.15) is 0 Å². The Labute approximate surface area is 82.8 Å². The minimum Gasteiger partial charge on any atom is -0.396 e. The van der Waals surface area contributed by atoms with E-state index >= 15 is 0 Å². The molecule has 0 spiro atoms. The summed E-state index contributed by atoms with van der Waals surface area (Å²) in [6, 6.07) is 9.90. The van der Waals surface area contributed by atoms with Gasteiger partial charge >= 0.3 is 0 Å². The van der Waals surface area contributed by atoms with Gasteiger partial charge in [0.25, 0.3) is 0 Å². The van der Waals surface area contributed by atoms with Crippen LogP contribution in [0.5, 0.6) is 0 Å². The normalized spacial score (nSPS) is 26.2. The van der Waals surface area contributed by atoms with Crippen molar-refractivity contribution in [1.29, 1.82) is 0 Å². The summed E-state index contributed by atoms with van der Waals surface area (Å²) in [4.78, 5) is 11.3. The molecule has 0 aliphatic carbocycles. The predicted octanol–water partition coefficient (Wildman–Crippen LogP) is 0.856. The van der Waals surface area contributed by atoms with E-state index in [1.807, 2.05) is 30.3 Å². The molecule has 1 amide bonds. The number of hydrogen-bond donors (Lipinski definition) is 2. The molecule has 1 aliphatic heterocycles. The number of aliphatic hydroxyl groups excluding tert-OH is 1. The first-order chi connectivity index (χ1) is 6.81. The molecule has 2 N–H and O–H groups in total. The van der Waals surface area contributed by atoms with Gasteiger partial charge in [-0.3, -0.25) is 4.79 Å². The maximum Gasteiger partial charge on any atom is 0.226 e. The minimum atomic E-state index is -0.236. The summed E-state index contributed by atoms with van der Waals surface area (Å²) in [6.45, 7) is -0.0604. The zero-order valence-electron chi connectivity index (χ0n) is 7.81. The Balaban J connectivity index is 2.13. The maximum atomic E-state index is 11.3. The summed E-state index contributed by atoms with van der Waals surface area (Å²) in [5.41, 5.74) is 1.11. The van der Waals surface area contributed by atoms with Crippen molar-refractivity contribution in [2.75, 3.05) is 6.61 Å². The third-order valence-corrected chi connectivity index (χ3v) is 2.63. The molecule has 1 saturated heterocycles. The van der Waals surface area contributed by atoms with Crippen molar-refractivity contribution in [3.05, 3.63) is 35.9 Å². The van der Waals surface area contributed by atoms with Crippen LogP contribution in [-0.4, -0.2) is 17.6 Å². The van der Waals surface area contributed by atoms with Crippen molar-refractivity contribution in [1.82, 2.24) is 5.32 Å². The van der Waals surface area contributed by atoms with Crippen molar-refractivity contribution in [2.24, 2.45) is 5.92 Å². The van der Waals surface area contributed by atoms with Gasteiger partial charge < -0.3 is 10.4 Å². The van der Waals surface area contributed by atoms with Crippen LogP contribution in [0.15, 0.2) is 30.3 Å². The van der Waals surface area contributed by atoms with Gasteiger partial charge in [0.15, 0.2) is 0 Å². The number of benzene rings is 1. The number of rotatable bonds is 2. The molecule has 2 atom stereocenters. The van der Waals surface area contributed by atoms with Crippen LogP contribution >= 0.6 is 0 Å². The van der Waals surface area contributed by atoms with Crippen LogP contribution in [-0.2, 0) is 4.79 Å². The third kappa shape index (κ3) is 1.63. The van der Waals surface area contributed by atoms with Gasteiger partial charge in [-0.1, -0.05) is 30.3 Å². The van der Waals surface area contributed by atoms with Crippen LogP contribution in [0.2, 0.25) is 0 Å². The lowest BCUT2D eigenvalue weighted by atomic mass is 10.0. The summed E-state index contributed by atoms with van der Waals surface area (Å²) in [5, 5.41) is 11.8. The fourth-order valence-electron chi connectivity index (χ4n) is 1.80. The average molecular weight is 191 g/mol. The fourth-order valence-corrected chi connectivity index (χ4v) is 1.80. The lowest BCUT2D eigenvalue weighted by Gasteiger charge is -2.09. The van der Waals surface area contributed by atoms with E-state index in [9.17, 15) is 4.79 Å². The van der Waals surface area contributed by atoms with Crippen molar-refractivity contribution in [3.63, 3.8) is 0 Å². The van der Waals surface area contributed by atoms with Crippen molar-refractivity contribution in [3.8, 4) is 0 Å². The molecule has 0 saturated carbocycles. The molecule has 0 radical (unpaired) electrons. The molecule has 3 heteroatoms. The lowest BCUT2D eigenvalue weighted by molar-refractivity contribution is -0.123. The number of hydrogen-bond acceptors (Lipinski definition) is 2. The highest BCUT2D eigenvalue weighted by Crippen LogP contribution is 2.27. The first-order valence-corrected chi connectivity index (χ1v) is 4.77. The number of nitrogens with one attached hydrogen (secondary N) is 1. The SMILES string of the molecule is O=C1N[C@@H](c2ccccc2)C[C@@H]1CO. The van der Waals surface area contributed by atoms with Crippen LogP contribution in [0, 0.1) is 5.92 Å². The van der Waals surface area contributed by atoms with Crippen LogP contribution in [0.25, 0.3) is 0 Å². The first kappa shape index (κ1) is 9.21. The molecule has 1 fully saturated rings. The molecule has 0 bridgehead atoms. The monoisotopic (exact) mass is 191 g/mol. The number of aliphatic hydroxyl groups is 1. The predicted molar refractivity (Wildman–Crippen MR) is 52.5 cm³/mol. The van der Waals surface area contributed by atoms with Gasteiger partial charge in [-0.2, -0.15) is 0 Å². The van der Waals surface area contributed by atoms with Crippen LogP contribution in [0.4, 0.5) is 0 Å². The smallest absolute Gasteiger partial charge is 0.226 e. The van der Waals surface area contributed by atoms with Crippen LogP contribution < -0.4 is 5.32 Å². The van der Waals surface area contributed by atoms with E-state index in [0.29, 0.717) is 6.42 Å². The van der Waals surface area contributed by atoms with E-state index in [1.54, 1.807) is 0 Å². The second-order valence-electron chi connectivity index (χ2n) is 3.59. The Bertz CT molecular complexity index is 323. The van der Waals surface area contributed by atoms with Crippen LogP contribution in [0.3, 0.4) is 0 Å². The third-order valence-electron chi connectivity index (χ3n) is 2.63. The van der Waals surface area contributed by atoms with E-state index in [1.165, 1.54) is 0 Å². The second-order valence-corrected chi connectivity index (χ2v) is 3.59. The molecular formula is C11H13NO2. The van der Waals surface area contributed by atoms with Crippen molar-refractivity contribution in [2.45, 2.75) is 12.5 Å². The summed E-state index contributed by atoms with van der Waals surface area (Å²) >= 11 is 0. The molecule has 14 heavy (non-hydrogen) atoms. The highest BCUT2D eigenvalue weighted by molar-refractivity contribution is 5.81. The van der Waals surface area contributed by atoms with Gasteiger partial charge in [-0.25, -0.2) is 0 Å². The van der Waals surface area contributed by atoms with Gasteiger partial charge in [0.05, 0.1) is 18.6 Å².